The first-order valence-electron chi connectivity index (χ1n) is 6.35. The van der Waals surface area contributed by atoms with Gasteiger partial charge in [-0.25, -0.2) is 0 Å². The molecule has 0 unspecified atom stereocenters. The average molecular weight is 232 g/mol. The van der Waals surface area contributed by atoms with Crippen LogP contribution in [0.1, 0.15) is 49.8 Å². The summed E-state index contributed by atoms with van der Waals surface area (Å²) in [6.45, 7) is 0. The van der Waals surface area contributed by atoms with Gasteiger partial charge in [0.05, 0.1) is 10.6 Å². The number of fused-ring (bicyclic) bond motifs is 2. The predicted molar refractivity (Wildman–Crippen MR) is 64.0 cm³/mol. The third-order valence-electron chi connectivity index (χ3n) is 4.33. The Balaban J connectivity index is 2.06. The molecule has 0 bridgehead atoms. The van der Waals surface area contributed by atoms with E-state index in [0.29, 0.717) is 0 Å². The summed E-state index contributed by atoms with van der Waals surface area (Å²) in [5, 5.41) is 10.8. The highest BCUT2D eigenvalue weighted by atomic mass is 16.6. The van der Waals surface area contributed by atoms with Gasteiger partial charge in [0.15, 0.2) is 0 Å². The van der Waals surface area contributed by atoms with Crippen LogP contribution in [0.25, 0.3) is 0 Å². The molecule has 1 saturated carbocycles. The lowest BCUT2D eigenvalue weighted by molar-refractivity contribution is -0.385. The van der Waals surface area contributed by atoms with Gasteiger partial charge in [-0.2, -0.15) is 0 Å². The van der Waals surface area contributed by atoms with E-state index >= 15 is 0 Å². The molecule has 0 amide bonds. The molecular formula is C13H16N2O2. The molecule has 0 N–H and O–H groups in total. The quantitative estimate of drug-likeness (QED) is 0.552. The summed E-state index contributed by atoms with van der Waals surface area (Å²) in [7, 11) is 0. The van der Waals surface area contributed by atoms with Crippen LogP contribution < -0.4 is 0 Å². The number of aromatic nitrogens is 1. The SMILES string of the molecule is O=[N+]([O-])c1cnc2c(c1)CCCC21CCCC1. The highest BCUT2D eigenvalue weighted by Gasteiger charge is 2.40. The van der Waals surface area contributed by atoms with Crippen molar-refractivity contribution in [1.29, 1.82) is 0 Å². The van der Waals surface area contributed by atoms with Crippen molar-refractivity contribution in [2.75, 3.05) is 0 Å². The monoisotopic (exact) mass is 232 g/mol. The smallest absolute Gasteiger partial charge is 0.258 e. The zero-order valence-corrected chi connectivity index (χ0v) is 9.82. The second-order valence-electron chi connectivity index (χ2n) is 5.30. The molecule has 90 valence electrons. The molecule has 0 aromatic carbocycles. The molecule has 2 aliphatic rings. The largest absolute Gasteiger partial charge is 0.287 e. The molecule has 1 fully saturated rings. The van der Waals surface area contributed by atoms with E-state index in [1.807, 2.05) is 0 Å². The van der Waals surface area contributed by atoms with Crippen molar-refractivity contribution >= 4 is 5.69 Å². The van der Waals surface area contributed by atoms with Crippen LogP contribution in [-0.2, 0) is 11.8 Å². The number of hydrogen-bond donors (Lipinski definition) is 0. The Morgan fingerprint density at radius 3 is 2.65 bits per heavy atom. The molecule has 0 radical (unpaired) electrons. The van der Waals surface area contributed by atoms with E-state index in [9.17, 15) is 10.1 Å². The summed E-state index contributed by atoms with van der Waals surface area (Å²) in [4.78, 5) is 14.9. The van der Waals surface area contributed by atoms with Crippen molar-refractivity contribution in [3.63, 3.8) is 0 Å². The topological polar surface area (TPSA) is 56.0 Å². The molecule has 17 heavy (non-hydrogen) atoms. The normalized spacial score (nSPS) is 21.4. The maximum absolute atomic E-state index is 10.8. The van der Waals surface area contributed by atoms with Crippen molar-refractivity contribution in [2.24, 2.45) is 0 Å². The fourth-order valence-electron chi connectivity index (χ4n) is 3.54. The summed E-state index contributed by atoms with van der Waals surface area (Å²) in [6.07, 6.45) is 9.72. The van der Waals surface area contributed by atoms with Crippen LogP contribution in [0.15, 0.2) is 12.3 Å². The van der Waals surface area contributed by atoms with E-state index in [4.69, 9.17) is 0 Å². The Morgan fingerprint density at radius 2 is 1.94 bits per heavy atom. The highest BCUT2D eigenvalue weighted by Crippen LogP contribution is 2.48. The zero-order chi connectivity index (χ0) is 11.9. The Kier molecular flexibility index (Phi) is 2.38. The molecule has 0 saturated heterocycles. The average Bonchev–Trinajstić information content (AvgIpc) is 2.78. The van der Waals surface area contributed by atoms with Crippen LogP contribution in [0.2, 0.25) is 0 Å². The first kappa shape index (κ1) is 10.7. The minimum atomic E-state index is -0.344. The van der Waals surface area contributed by atoms with Crippen molar-refractivity contribution < 1.29 is 4.92 Å². The lowest BCUT2D eigenvalue weighted by atomic mass is 9.71. The van der Waals surface area contributed by atoms with Gasteiger partial charge in [-0.05, 0) is 37.7 Å². The van der Waals surface area contributed by atoms with E-state index < -0.39 is 0 Å². The van der Waals surface area contributed by atoms with Crippen LogP contribution in [0.3, 0.4) is 0 Å². The fourth-order valence-corrected chi connectivity index (χ4v) is 3.54. The predicted octanol–water partition coefficient (Wildman–Crippen LogP) is 3.14. The van der Waals surface area contributed by atoms with Gasteiger partial charge in [0.2, 0.25) is 0 Å². The second kappa shape index (κ2) is 3.79. The van der Waals surface area contributed by atoms with Gasteiger partial charge in [0.25, 0.3) is 5.69 Å². The van der Waals surface area contributed by atoms with E-state index in [0.717, 1.165) is 24.1 Å². The molecule has 4 nitrogen and oxygen atoms in total. The van der Waals surface area contributed by atoms with E-state index in [-0.39, 0.29) is 16.0 Å². The number of aryl methyl sites for hydroxylation is 1. The van der Waals surface area contributed by atoms with Crippen LogP contribution >= 0.6 is 0 Å². The van der Waals surface area contributed by atoms with Gasteiger partial charge in [0.1, 0.15) is 6.20 Å². The maximum Gasteiger partial charge on any atom is 0.287 e. The standard InChI is InChI=1S/C13H16N2O2/c16-15(17)11-8-10-4-3-7-13(5-1-2-6-13)12(10)14-9-11/h8-9H,1-7H2. The minimum absolute atomic E-state index is 0.138. The highest BCUT2D eigenvalue weighted by molar-refractivity contribution is 5.39. The maximum atomic E-state index is 10.8. The Labute approximate surface area is 100 Å². The summed E-state index contributed by atoms with van der Waals surface area (Å²) < 4.78 is 0. The second-order valence-corrected chi connectivity index (χ2v) is 5.30. The summed E-state index contributed by atoms with van der Waals surface area (Å²) in [6, 6.07) is 1.74. The van der Waals surface area contributed by atoms with Gasteiger partial charge in [-0.15, -0.1) is 0 Å². The van der Waals surface area contributed by atoms with Crippen molar-refractivity contribution in [1.82, 2.24) is 4.98 Å². The van der Waals surface area contributed by atoms with Gasteiger partial charge < -0.3 is 0 Å². The van der Waals surface area contributed by atoms with Gasteiger partial charge in [0, 0.05) is 11.5 Å². The molecule has 0 aliphatic heterocycles. The van der Waals surface area contributed by atoms with E-state index in [2.05, 4.69) is 4.98 Å². The summed E-state index contributed by atoms with van der Waals surface area (Å²) in [5.41, 5.74) is 2.67. The first-order chi connectivity index (χ1) is 8.21. The zero-order valence-electron chi connectivity index (χ0n) is 9.82. The molecule has 3 rings (SSSR count). The molecular weight excluding hydrogens is 216 g/mol. The number of rotatable bonds is 1. The molecule has 0 atom stereocenters. The van der Waals surface area contributed by atoms with Crippen molar-refractivity contribution in [3.8, 4) is 0 Å². The summed E-state index contributed by atoms with van der Waals surface area (Å²) in [5.74, 6) is 0. The number of nitrogens with zero attached hydrogens (tertiary/aromatic N) is 2. The third kappa shape index (κ3) is 1.63. The third-order valence-corrected chi connectivity index (χ3v) is 4.33. The van der Waals surface area contributed by atoms with E-state index in [1.165, 1.54) is 38.3 Å². The first-order valence-corrected chi connectivity index (χ1v) is 6.35. The number of pyridine rings is 1. The Hall–Kier alpha value is -1.45. The summed E-state index contributed by atoms with van der Waals surface area (Å²) >= 11 is 0. The van der Waals surface area contributed by atoms with Crippen LogP contribution in [0.5, 0.6) is 0 Å². The lowest BCUT2D eigenvalue weighted by Gasteiger charge is -2.34. The number of nitro groups is 1. The van der Waals surface area contributed by atoms with Gasteiger partial charge >= 0.3 is 0 Å². The van der Waals surface area contributed by atoms with Crippen molar-refractivity contribution in [3.05, 3.63) is 33.6 Å². The van der Waals surface area contributed by atoms with Gasteiger partial charge in [-0.1, -0.05) is 12.8 Å². The lowest BCUT2D eigenvalue weighted by Crippen LogP contribution is -2.29. The number of hydrogen-bond acceptors (Lipinski definition) is 3. The van der Waals surface area contributed by atoms with Crippen LogP contribution in [-0.4, -0.2) is 9.91 Å². The Morgan fingerprint density at radius 1 is 1.24 bits per heavy atom. The minimum Gasteiger partial charge on any atom is -0.258 e. The van der Waals surface area contributed by atoms with Crippen LogP contribution in [0.4, 0.5) is 5.69 Å². The molecule has 1 heterocycles. The molecule has 1 aromatic rings. The molecule has 4 heteroatoms. The molecule has 2 aliphatic carbocycles. The fraction of sp³-hybridized carbons (Fsp3) is 0.615. The molecule has 1 spiro atoms. The van der Waals surface area contributed by atoms with Gasteiger partial charge in [-0.3, -0.25) is 15.1 Å². The van der Waals surface area contributed by atoms with Crippen LogP contribution in [0, 0.1) is 10.1 Å². The van der Waals surface area contributed by atoms with E-state index in [1.54, 1.807) is 6.07 Å². The van der Waals surface area contributed by atoms with Crippen molar-refractivity contribution in [2.45, 2.75) is 50.4 Å². The Bertz CT molecular complexity index is 464. The molecule has 1 aromatic heterocycles.